The van der Waals surface area contributed by atoms with E-state index in [0.29, 0.717) is 33.4 Å². The molecule has 6 nitrogen and oxygen atoms in total. The van der Waals surface area contributed by atoms with Crippen LogP contribution in [0.15, 0.2) is 144 Å². The standard InChI is InChI=1S/C48H40N2O4/c1-3-5-25-49-27-23-35(37-11-7-9-13-41(37)49)29-39-45(51)43(46(39)52)33-19-15-31(16-20-33)32-17-21-34(22-18-32)44-47(53)40(48(44)54)30-36-24-28-50(26-6-4-2)42-14-10-8-12-38(36)42/h7-24,27-30H,3-6,25-26H2,1-2H3/p+2. The molecule has 266 valence electrons. The molecule has 2 heterocycles. The number of pyridine rings is 2. The molecule has 0 unspecified atom stereocenters. The second-order valence-corrected chi connectivity index (χ2v) is 14.0. The maximum absolute atomic E-state index is 13.3. The number of carbonyl (C=O) groups excluding carboxylic acids is 2. The maximum Gasteiger partial charge on any atom is 0.213 e. The number of benzene rings is 4. The molecule has 2 aromatic heterocycles. The molecule has 4 aromatic carbocycles. The largest absolute Gasteiger partial charge is 0.506 e. The summed E-state index contributed by atoms with van der Waals surface area (Å²) in [4.78, 5) is 26.7. The molecular formula is C48H42N2O4+2. The first-order valence-electron chi connectivity index (χ1n) is 18.8. The van der Waals surface area contributed by atoms with Crippen molar-refractivity contribution < 1.29 is 28.9 Å². The Kier molecular flexibility index (Phi) is 9.34. The number of fused-ring (bicyclic) bond motifs is 2. The number of aryl methyl sites for hydroxylation is 2. The summed E-state index contributed by atoms with van der Waals surface area (Å²) in [6.45, 7) is 6.20. The van der Waals surface area contributed by atoms with Crippen LogP contribution in [0.25, 0.3) is 56.2 Å². The molecular weight excluding hydrogens is 669 g/mol. The first-order valence-corrected chi connectivity index (χ1v) is 18.8. The summed E-state index contributed by atoms with van der Waals surface area (Å²) in [7, 11) is 0. The molecule has 0 atom stereocenters. The van der Waals surface area contributed by atoms with E-state index in [4.69, 9.17) is 0 Å². The Morgan fingerprint density at radius 3 is 1.24 bits per heavy atom. The number of ketones is 2. The van der Waals surface area contributed by atoms with Gasteiger partial charge in [-0.15, -0.1) is 0 Å². The van der Waals surface area contributed by atoms with Gasteiger partial charge in [0.25, 0.3) is 0 Å². The van der Waals surface area contributed by atoms with Crippen LogP contribution in [0.4, 0.5) is 0 Å². The highest BCUT2D eigenvalue weighted by Gasteiger charge is 2.36. The molecule has 0 saturated carbocycles. The number of aliphatic hydroxyl groups is 2. The number of hydrogen-bond donors (Lipinski definition) is 2. The minimum atomic E-state index is -0.181. The quantitative estimate of drug-likeness (QED) is 0.104. The minimum absolute atomic E-state index is 0.00614. The molecule has 2 aliphatic rings. The third-order valence-electron chi connectivity index (χ3n) is 10.6. The van der Waals surface area contributed by atoms with Gasteiger partial charge in [0.15, 0.2) is 12.4 Å². The Hall–Kier alpha value is -6.40. The molecule has 2 N–H and O–H groups in total. The number of unbranched alkanes of at least 4 members (excludes halogenated alkanes) is 2. The van der Waals surface area contributed by atoms with Crippen LogP contribution < -0.4 is 9.13 Å². The van der Waals surface area contributed by atoms with Crippen molar-refractivity contribution in [1.82, 2.24) is 0 Å². The van der Waals surface area contributed by atoms with Crippen molar-refractivity contribution in [1.29, 1.82) is 0 Å². The highest BCUT2D eigenvalue weighted by atomic mass is 16.3. The van der Waals surface area contributed by atoms with Crippen molar-refractivity contribution in [2.75, 3.05) is 0 Å². The molecule has 0 saturated heterocycles. The molecule has 0 amide bonds. The fraction of sp³-hybridized carbons (Fsp3) is 0.167. The number of hydrogen-bond acceptors (Lipinski definition) is 4. The lowest BCUT2D eigenvalue weighted by atomic mass is 9.81. The van der Waals surface area contributed by atoms with Gasteiger partial charge < -0.3 is 10.2 Å². The van der Waals surface area contributed by atoms with Gasteiger partial charge in [0, 0.05) is 37.1 Å². The fourth-order valence-corrected chi connectivity index (χ4v) is 7.53. The van der Waals surface area contributed by atoms with Crippen LogP contribution in [0, 0.1) is 0 Å². The Morgan fingerprint density at radius 2 is 0.870 bits per heavy atom. The summed E-state index contributed by atoms with van der Waals surface area (Å²) in [5.41, 5.74) is 8.40. The zero-order chi connectivity index (χ0) is 37.3. The smallest absolute Gasteiger partial charge is 0.213 e. The van der Waals surface area contributed by atoms with Crippen LogP contribution in [0.5, 0.6) is 0 Å². The number of Topliss-reactive ketones (excluding diaryl/α,β-unsaturated/α-hetero) is 2. The van der Waals surface area contributed by atoms with E-state index in [-0.39, 0.29) is 23.1 Å². The monoisotopic (exact) mass is 710 g/mol. The Morgan fingerprint density at radius 1 is 0.500 bits per heavy atom. The van der Waals surface area contributed by atoms with Gasteiger partial charge in [0.2, 0.25) is 22.6 Å². The molecule has 0 aliphatic heterocycles. The first-order chi connectivity index (χ1) is 26.4. The van der Waals surface area contributed by atoms with Gasteiger partial charge >= 0.3 is 0 Å². The zero-order valence-corrected chi connectivity index (χ0v) is 30.5. The molecule has 0 fully saturated rings. The molecule has 6 aromatic rings. The van der Waals surface area contributed by atoms with Crippen molar-refractivity contribution >= 4 is 56.7 Å². The molecule has 0 spiro atoms. The highest BCUT2D eigenvalue weighted by Crippen LogP contribution is 2.40. The number of aliphatic hydroxyl groups excluding tert-OH is 2. The second-order valence-electron chi connectivity index (χ2n) is 14.0. The van der Waals surface area contributed by atoms with Gasteiger partial charge in [-0.25, -0.2) is 0 Å². The van der Waals surface area contributed by atoms with Gasteiger partial charge in [0.05, 0.1) is 33.1 Å². The predicted octanol–water partition coefficient (Wildman–Crippen LogP) is 9.71. The summed E-state index contributed by atoms with van der Waals surface area (Å²) in [5, 5.41) is 24.2. The van der Waals surface area contributed by atoms with E-state index in [1.807, 2.05) is 109 Å². The van der Waals surface area contributed by atoms with Crippen molar-refractivity contribution in [3.63, 3.8) is 0 Å². The molecule has 0 bridgehead atoms. The summed E-state index contributed by atoms with van der Waals surface area (Å²) in [5.74, 6) is -0.350. The molecule has 6 heteroatoms. The Bertz CT molecular complexity index is 2420. The van der Waals surface area contributed by atoms with E-state index < -0.39 is 0 Å². The van der Waals surface area contributed by atoms with Crippen LogP contribution in [0.1, 0.15) is 61.8 Å². The summed E-state index contributed by atoms with van der Waals surface area (Å²) in [6.07, 6.45) is 12.1. The number of carbonyl (C=O) groups is 2. The van der Waals surface area contributed by atoms with E-state index in [1.165, 1.54) is 0 Å². The highest BCUT2D eigenvalue weighted by molar-refractivity contribution is 6.41. The number of rotatable bonds is 11. The van der Waals surface area contributed by atoms with E-state index >= 15 is 0 Å². The average Bonchev–Trinajstić information content (AvgIpc) is 3.21. The number of para-hydroxylation sites is 2. The van der Waals surface area contributed by atoms with Crippen LogP contribution in [0.2, 0.25) is 0 Å². The normalized spacial score (nSPS) is 15.8. The predicted molar refractivity (Wildman–Crippen MR) is 215 cm³/mol. The maximum atomic E-state index is 13.3. The zero-order valence-electron chi connectivity index (χ0n) is 30.5. The van der Waals surface area contributed by atoms with E-state index in [0.717, 1.165) is 82.8 Å². The van der Waals surface area contributed by atoms with Crippen molar-refractivity contribution in [2.24, 2.45) is 0 Å². The minimum Gasteiger partial charge on any atom is -0.506 e. The van der Waals surface area contributed by atoms with Crippen LogP contribution >= 0.6 is 0 Å². The van der Waals surface area contributed by atoms with E-state index in [2.05, 4.69) is 35.1 Å². The lowest BCUT2D eigenvalue weighted by Crippen LogP contribution is -2.34. The van der Waals surface area contributed by atoms with E-state index in [9.17, 15) is 19.8 Å². The lowest BCUT2D eigenvalue weighted by molar-refractivity contribution is -0.672. The lowest BCUT2D eigenvalue weighted by Gasteiger charge is -2.22. The second kappa shape index (κ2) is 14.6. The molecule has 8 rings (SSSR count). The number of nitrogens with zero attached hydrogens (tertiary/aromatic N) is 2. The van der Waals surface area contributed by atoms with Crippen LogP contribution in [-0.2, 0) is 22.7 Å². The molecule has 0 radical (unpaired) electrons. The third kappa shape index (κ3) is 6.13. The third-order valence-corrected chi connectivity index (χ3v) is 10.6. The summed E-state index contributed by atoms with van der Waals surface area (Å²) >= 11 is 0. The number of aromatic nitrogens is 2. The van der Waals surface area contributed by atoms with Crippen molar-refractivity contribution in [3.8, 4) is 11.1 Å². The van der Waals surface area contributed by atoms with Gasteiger partial charge in [-0.2, -0.15) is 9.13 Å². The van der Waals surface area contributed by atoms with Crippen molar-refractivity contribution in [3.05, 3.63) is 167 Å². The van der Waals surface area contributed by atoms with E-state index in [1.54, 1.807) is 12.2 Å². The molecule has 54 heavy (non-hydrogen) atoms. The SMILES string of the molecule is CCCC[n+]1ccc(/C=C2/C(=O)C(c3ccc(-c4ccc(C5=C(O)/C(=C\c6cc[n+](CCCC)c7ccccc67)C5=O)cc4)cc3)=C2O)c2ccccc21. The molecule has 2 aliphatic carbocycles. The topological polar surface area (TPSA) is 82.4 Å². The van der Waals surface area contributed by atoms with Gasteiger partial charge in [-0.1, -0.05) is 99.5 Å². The van der Waals surface area contributed by atoms with Crippen molar-refractivity contribution in [2.45, 2.75) is 52.6 Å². The summed E-state index contributed by atoms with van der Waals surface area (Å²) < 4.78 is 4.47. The fourth-order valence-electron chi connectivity index (χ4n) is 7.53. The van der Waals surface area contributed by atoms with Gasteiger partial charge in [-0.3, -0.25) is 9.59 Å². The van der Waals surface area contributed by atoms with Crippen LogP contribution in [0.3, 0.4) is 0 Å². The van der Waals surface area contributed by atoms with Gasteiger partial charge in [-0.05, 0) is 57.7 Å². The Labute approximate surface area is 315 Å². The first kappa shape index (κ1) is 34.7. The Balaban J connectivity index is 0.999. The number of allylic oxidation sites excluding steroid dienone is 4. The van der Waals surface area contributed by atoms with Gasteiger partial charge in [0.1, 0.15) is 24.6 Å². The average molecular weight is 711 g/mol. The van der Waals surface area contributed by atoms with Crippen LogP contribution in [-0.4, -0.2) is 21.8 Å². The summed E-state index contributed by atoms with van der Waals surface area (Å²) in [6, 6.07) is 35.4.